The third kappa shape index (κ3) is 3.94. The van der Waals surface area contributed by atoms with Crippen LogP contribution in [-0.2, 0) is 0 Å². The molecule has 0 saturated heterocycles. The lowest BCUT2D eigenvalue weighted by atomic mass is 9.96. The third-order valence-corrected chi connectivity index (χ3v) is 4.52. The summed E-state index contributed by atoms with van der Waals surface area (Å²) in [5, 5.41) is 3.25. The molecule has 0 heterocycles. The summed E-state index contributed by atoms with van der Waals surface area (Å²) in [4.78, 5) is 4.67. The van der Waals surface area contributed by atoms with Gasteiger partial charge in [-0.05, 0) is 47.3 Å². The normalized spacial score (nSPS) is 17.3. The quantitative estimate of drug-likeness (QED) is 0.338. The zero-order valence-electron chi connectivity index (χ0n) is 11.2. The fourth-order valence-corrected chi connectivity index (χ4v) is 2.73. The van der Waals surface area contributed by atoms with Crippen LogP contribution >= 0.6 is 15.9 Å². The molecule has 2 rings (SSSR count). The number of halogens is 1. The van der Waals surface area contributed by atoms with Crippen LogP contribution < -0.4 is 16.6 Å². The number of aliphatic imine (C=N–C) groups is 1. The Labute approximate surface area is 123 Å². The molecule has 1 aliphatic carbocycles. The number of hydrogen-bond donors (Lipinski definition) is 3. The van der Waals surface area contributed by atoms with Gasteiger partial charge in [-0.3, -0.25) is 5.43 Å². The van der Waals surface area contributed by atoms with Crippen molar-refractivity contribution in [3.05, 3.63) is 28.2 Å². The predicted octanol–water partition coefficient (Wildman–Crippen LogP) is 3.32. The van der Waals surface area contributed by atoms with Crippen molar-refractivity contribution in [1.82, 2.24) is 5.43 Å². The molecule has 0 atom stereocenters. The summed E-state index contributed by atoms with van der Waals surface area (Å²) in [6.07, 6.45) is 6.16. The molecule has 4 nitrogen and oxygen atoms in total. The minimum atomic E-state index is 0.385. The van der Waals surface area contributed by atoms with Crippen LogP contribution in [0.5, 0.6) is 0 Å². The van der Waals surface area contributed by atoms with E-state index in [0.717, 1.165) is 23.0 Å². The predicted molar refractivity (Wildman–Crippen MR) is 84.1 cm³/mol. The number of nitrogens with zero attached hydrogens (tertiary/aromatic N) is 1. The van der Waals surface area contributed by atoms with Crippen molar-refractivity contribution < 1.29 is 0 Å². The highest BCUT2D eigenvalue weighted by atomic mass is 79.9. The molecule has 19 heavy (non-hydrogen) atoms. The molecule has 4 N–H and O–H groups in total. The lowest BCUT2D eigenvalue weighted by molar-refractivity contribution is 0.442. The summed E-state index contributed by atoms with van der Waals surface area (Å²) in [5.41, 5.74) is 4.82. The van der Waals surface area contributed by atoms with Crippen molar-refractivity contribution in [2.75, 3.05) is 5.32 Å². The number of hydrazine groups is 1. The fourth-order valence-electron chi connectivity index (χ4n) is 2.37. The average Bonchev–Trinajstić information content (AvgIpc) is 2.44. The molecule has 0 aromatic heterocycles. The average molecular weight is 325 g/mol. The third-order valence-electron chi connectivity index (χ3n) is 3.47. The Hall–Kier alpha value is -1.07. The van der Waals surface area contributed by atoms with Crippen LogP contribution in [0.15, 0.2) is 27.7 Å². The molecular weight excluding hydrogens is 304 g/mol. The highest BCUT2D eigenvalue weighted by Crippen LogP contribution is 2.26. The Bertz CT molecular complexity index is 453. The molecule has 0 aliphatic heterocycles. The van der Waals surface area contributed by atoms with E-state index < -0.39 is 0 Å². The first-order valence-electron chi connectivity index (χ1n) is 6.77. The number of anilines is 1. The lowest BCUT2D eigenvalue weighted by Gasteiger charge is -2.20. The molecule has 0 radical (unpaired) electrons. The first-order valence-corrected chi connectivity index (χ1v) is 7.56. The lowest BCUT2D eigenvalue weighted by Crippen LogP contribution is -2.37. The van der Waals surface area contributed by atoms with Crippen LogP contribution in [-0.4, -0.2) is 12.0 Å². The van der Waals surface area contributed by atoms with Crippen LogP contribution in [0, 0.1) is 6.92 Å². The van der Waals surface area contributed by atoms with Crippen LogP contribution in [0.1, 0.15) is 37.7 Å². The maximum Gasteiger partial charge on any atom is 0.210 e. The summed E-state index contributed by atoms with van der Waals surface area (Å²) in [6, 6.07) is 6.46. The van der Waals surface area contributed by atoms with Crippen LogP contribution in [0.25, 0.3) is 0 Å². The van der Waals surface area contributed by atoms with Crippen molar-refractivity contribution in [3.63, 3.8) is 0 Å². The van der Waals surface area contributed by atoms with E-state index in [9.17, 15) is 0 Å². The van der Waals surface area contributed by atoms with Gasteiger partial charge in [0, 0.05) is 4.47 Å². The second kappa shape index (κ2) is 6.91. The summed E-state index contributed by atoms with van der Waals surface area (Å²) in [5.74, 6) is 6.20. The molecular formula is C14H21BrN4. The Morgan fingerprint density at radius 1 is 1.32 bits per heavy atom. The van der Waals surface area contributed by atoms with E-state index in [1.807, 2.05) is 12.1 Å². The molecule has 5 heteroatoms. The van der Waals surface area contributed by atoms with Gasteiger partial charge in [0.05, 0.1) is 11.7 Å². The minimum absolute atomic E-state index is 0.385. The molecule has 0 amide bonds. The molecule has 1 saturated carbocycles. The standard InChI is InChI=1S/C14H21BrN4/c1-10-6-5-9-12(13(10)15)18-14(19-16)17-11-7-3-2-4-8-11/h5-6,9,11H,2-4,7-8,16H2,1H3,(H2,17,18,19). The zero-order chi connectivity index (χ0) is 13.7. The van der Waals surface area contributed by atoms with Gasteiger partial charge in [-0.25, -0.2) is 10.8 Å². The van der Waals surface area contributed by atoms with Gasteiger partial charge < -0.3 is 5.32 Å². The summed E-state index contributed by atoms with van der Waals surface area (Å²) in [6.45, 7) is 2.06. The number of rotatable bonds is 2. The second-order valence-corrected chi connectivity index (χ2v) is 5.77. The van der Waals surface area contributed by atoms with E-state index in [2.05, 4.69) is 44.7 Å². The van der Waals surface area contributed by atoms with Gasteiger partial charge in [-0.2, -0.15) is 0 Å². The van der Waals surface area contributed by atoms with Crippen LogP contribution in [0.3, 0.4) is 0 Å². The van der Waals surface area contributed by atoms with E-state index in [-0.39, 0.29) is 0 Å². The molecule has 1 fully saturated rings. The minimum Gasteiger partial charge on any atom is -0.324 e. The number of nitrogens with two attached hydrogens (primary N) is 1. The largest absolute Gasteiger partial charge is 0.324 e. The summed E-state index contributed by atoms with van der Waals surface area (Å²) < 4.78 is 1.04. The van der Waals surface area contributed by atoms with Crippen molar-refractivity contribution in [1.29, 1.82) is 0 Å². The molecule has 0 bridgehead atoms. The smallest absolute Gasteiger partial charge is 0.210 e. The summed E-state index contributed by atoms with van der Waals surface area (Å²) >= 11 is 3.58. The Morgan fingerprint density at radius 2 is 2.05 bits per heavy atom. The molecule has 0 spiro atoms. The number of nitrogens with one attached hydrogen (secondary N) is 2. The number of aryl methyl sites for hydroxylation is 1. The van der Waals surface area contributed by atoms with Crippen LogP contribution in [0.2, 0.25) is 0 Å². The van der Waals surface area contributed by atoms with Crippen molar-refractivity contribution in [2.24, 2.45) is 10.8 Å². The first-order chi connectivity index (χ1) is 9.20. The topological polar surface area (TPSA) is 62.4 Å². The monoisotopic (exact) mass is 324 g/mol. The van der Waals surface area contributed by atoms with Gasteiger partial charge in [0.25, 0.3) is 0 Å². The Kier molecular flexibility index (Phi) is 5.22. The number of benzene rings is 1. The Morgan fingerprint density at radius 3 is 2.74 bits per heavy atom. The Balaban J connectivity index is 2.09. The first kappa shape index (κ1) is 14.3. The SMILES string of the molecule is Cc1cccc(NC(=NC2CCCCC2)NN)c1Br. The van der Waals surface area contributed by atoms with E-state index in [1.54, 1.807) is 0 Å². The van der Waals surface area contributed by atoms with Crippen molar-refractivity contribution in [3.8, 4) is 0 Å². The van der Waals surface area contributed by atoms with E-state index >= 15 is 0 Å². The van der Waals surface area contributed by atoms with Crippen molar-refractivity contribution in [2.45, 2.75) is 45.1 Å². The van der Waals surface area contributed by atoms with Gasteiger partial charge in [-0.15, -0.1) is 0 Å². The summed E-state index contributed by atoms with van der Waals surface area (Å²) in [7, 11) is 0. The fraction of sp³-hybridized carbons (Fsp3) is 0.500. The number of guanidine groups is 1. The van der Waals surface area contributed by atoms with E-state index in [4.69, 9.17) is 5.84 Å². The highest BCUT2D eigenvalue weighted by molar-refractivity contribution is 9.10. The maximum atomic E-state index is 5.57. The molecule has 1 aromatic rings. The maximum absolute atomic E-state index is 5.57. The zero-order valence-corrected chi connectivity index (χ0v) is 12.8. The molecule has 0 unspecified atom stereocenters. The van der Waals surface area contributed by atoms with Gasteiger partial charge in [-0.1, -0.05) is 31.4 Å². The number of hydrogen-bond acceptors (Lipinski definition) is 2. The molecule has 1 aromatic carbocycles. The molecule has 104 valence electrons. The second-order valence-electron chi connectivity index (χ2n) is 4.98. The van der Waals surface area contributed by atoms with Gasteiger partial charge in [0.15, 0.2) is 0 Å². The van der Waals surface area contributed by atoms with Gasteiger partial charge in [0.1, 0.15) is 0 Å². The highest BCUT2D eigenvalue weighted by Gasteiger charge is 2.13. The van der Waals surface area contributed by atoms with E-state index in [0.29, 0.717) is 12.0 Å². The van der Waals surface area contributed by atoms with Crippen molar-refractivity contribution >= 4 is 27.6 Å². The van der Waals surface area contributed by atoms with Gasteiger partial charge in [0.2, 0.25) is 5.96 Å². The van der Waals surface area contributed by atoms with Gasteiger partial charge >= 0.3 is 0 Å². The molecule has 1 aliphatic rings. The van der Waals surface area contributed by atoms with E-state index in [1.165, 1.54) is 24.8 Å². The van der Waals surface area contributed by atoms with Crippen LogP contribution in [0.4, 0.5) is 5.69 Å².